The Hall–Kier alpha value is -3.18. The van der Waals surface area contributed by atoms with Crippen LogP contribution in [0.5, 0.6) is 0 Å². The molecule has 0 aliphatic carbocycles. The van der Waals surface area contributed by atoms with E-state index in [1.807, 2.05) is 0 Å². The van der Waals surface area contributed by atoms with Crippen LogP contribution in [0.1, 0.15) is 17.0 Å². The van der Waals surface area contributed by atoms with Gasteiger partial charge in [0, 0.05) is 23.9 Å². The van der Waals surface area contributed by atoms with E-state index < -0.39 is 35.4 Å². The maximum absolute atomic E-state index is 13.5. The third-order valence-corrected chi connectivity index (χ3v) is 3.82. The van der Waals surface area contributed by atoms with Crippen molar-refractivity contribution in [1.29, 1.82) is 0 Å². The number of aromatic nitrogens is 3. The van der Waals surface area contributed by atoms with Gasteiger partial charge >= 0.3 is 12.4 Å². The largest absolute Gasteiger partial charge is 0.435 e. The highest BCUT2D eigenvalue weighted by Crippen LogP contribution is 2.36. The van der Waals surface area contributed by atoms with Gasteiger partial charge in [0.25, 0.3) is 0 Å². The topological polar surface area (TPSA) is 42.7 Å². The lowest BCUT2D eigenvalue weighted by molar-refractivity contribution is -0.143. The van der Waals surface area contributed by atoms with Crippen molar-refractivity contribution < 1.29 is 35.1 Å². The van der Waals surface area contributed by atoms with Gasteiger partial charge in [0.05, 0.1) is 18.1 Å². The standard InChI is InChI=1S/C17H10F8N4/c18-12-7-26-8-13(19)11(12)6-27-9-1-3-10(4-2-9)29-15(17(23,24)25)5-14(28-29)16(20,21)22/h1-5,7-8,27H,6H2. The van der Waals surface area contributed by atoms with Crippen LogP contribution in [-0.4, -0.2) is 14.8 Å². The summed E-state index contributed by atoms with van der Waals surface area (Å²) >= 11 is 0. The van der Waals surface area contributed by atoms with Crippen LogP contribution in [0.25, 0.3) is 5.69 Å². The van der Waals surface area contributed by atoms with Crippen molar-refractivity contribution in [2.24, 2.45) is 0 Å². The van der Waals surface area contributed by atoms with E-state index in [0.29, 0.717) is 0 Å². The molecule has 12 heteroatoms. The van der Waals surface area contributed by atoms with Gasteiger partial charge in [-0.3, -0.25) is 4.98 Å². The van der Waals surface area contributed by atoms with Crippen LogP contribution < -0.4 is 5.32 Å². The molecule has 0 atom stereocenters. The van der Waals surface area contributed by atoms with Crippen molar-refractivity contribution in [3.05, 3.63) is 71.3 Å². The second-order valence-electron chi connectivity index (χ2n) is 5.80. The minimum absolute atomic E-state index is 0.0822. The number of hydrogen-bond acceptors (Lipinski definition) is 3. The zero-order chi connectivity index (χ0) is 21.4. The predicted molar refractivity (Wildman–Crippen MR) is 85.0 cm³/mol. The van der Waals surface area contributed by atoms with Gasteiger partial charge in [-0.1, -0.05) is 0 Å². The van der Waals surface area contributed by atoms with E-state index in [2.05, 4.69) is 15.4 Å². The Morgan fingerprint density at radius 2 is 1.45 bits per heavy atom. The molecular formula is C17H10F8N4. The number of rotatable bonds is 4. The summed E-state index contributed by atoms with van der Waals surface area (Å²) in [6.07, 6.45) is -8.48. The Labute approximate surface area is 157 Å². The van der Waals surface area contributed by atoms with Gasteiger partial charge in [-0.05, 0) is 24.3 Å². The molecule has 1 N–H and O–H groups in total. The molecule has 0 saturated heterocycles. The summed E-state index contributed by atoms with van der Waals surface area (Å²) < 4.78 is 105. The Morgan fingerprint density at radius 1 is 0.862 bits per heavy atom. The molecule has 1 aromatic carbocycles. The highest BCUT2D eigenvalue weighted by atomic mass is 19.4. The van der Waals surface area contributed by atoms with Crippen molar-refractivity contribution in [2.45, 2.75) is 18.9 Å². The average Bonchev–Trinajstić information content (AvgIpc) is 3.08. The number of nitrogens with zero attached hydrogens (tertiary/aromatic N) is 3. The first kappa shape index (κ1) is 20.6. The van der Waals surface area contributed by atoms with Crippen molar-refractivity contribution >= 4 is 5.69 Å². The highest BCUT2D eigenvalue weighted by Gasteiger charge is 2.42. The molecule has 4 nitrogen and oxygen atoms in total. The van der Waals surface area contributed by atoms with Crippen molar-refractivity contribution in [3.63, 3.8) is 0 Å². The molecule has 0 aliphatic heterocycles. The Balaban J connectivity index is 1.86. The predicted octanol–water partition coefficient (Wildman–Crippen LogP) is 5.20. The molecule has 0 saturated carbocycles. The lowest BCUT2D eigenvalue weighted by Gasteiger charge is -2.12. The van der Waals surface area contributed by atoms with Crippen LogP contribution >= 0.6 is 0 Å². The SMILES string of the molecule is Fc1cncc(F)c1CNc1ccc(-n2nc(C(F)(F)F)cc2C(F)(F)F)cc1. The van der Waals surface area contributed by atoms with Crippen molar-refractivity contribution in [1.82, 2.24) is 14.8 Å². The smallest absolute Gasteiger partial charge is 0.381 e. The van der Waals surface area contributed by atoms with Crippen LogP contribution in [-0.2, 0) is 18.9 Å². The molecule has 0 unspecified atom stereocenters. The molecule has 0 radical (unpaired) electrons. The molecule has 0 aliphatic rings. The zero-order valence-electron chi connectivity index (χ0n) is 14.1. The molecule has 2 heterocycles. The molecular weight excluding hydrogens is 412 g/mol. The number of pyridine rings is 1. The fourth-order valence-electron chi connectivity index (χ4n) is 2.44. The molecule has 0 spiro atoms. The van der Waals surface area contributed by atoms with Crippen LogP contribution in [0.3, 0.4) is 0 Å². The maximum Gasteiger partial charge on any atom is 0.435 e. The first-order valence-corrected chi connectivity index (χ1v) is 7.83. The number of alkyl halides is 6. The first-order chi connectivity index (χ1) is 13.5. The van der Waals surface area contributed by atoms with Gasteiger partial charge in [0.15, 0.2) is 5.69 Å². The number of hydrogen-bond donors (Lipinski definition) is 1. The highest BCUT2D eigenvalue weighted by molar-refractivity contribution is 5.49. The summed E-state index contributed by atoms with van der Waals surface area (Å²) in [6, 6.07) is 4.57. The molecule has 0 bridgehead atoms. The lowest BCUT2D eigenvalue weighted by atomic mass is 10.2. The molecule has 0 fully saturated rings. The summed E-state index contributed by atoms with van der Waals surface area (Å²) in [7, 11) is 0. The van der Waals surface area contributed by atoms with E-state index in [4.69, 9.17) is 0 Å². The van der Waals surface area contributed by atoms with E-state index in [0.717, 1.165) is 24.5 Å². The first-order valence-electron chi connectivity index (χ1n) is 7.83. The van der Waals surface area contributed by atoms with Crippen LogP contribution in [0, 0.1) is 11.6 Å². The third-order valence-electron chi connectivity index (χ3n) is 3.82. The third kappa shape index (κ3) is 4.46. The van der Waals surface area contributed by atoms with E-state index in [1.54, 1.807) is 0 Å². The monoisotopic (exact) mass is 422 g/mol. The van der Waals surface area contributed by atoms with Gasteiger partial charge < -0.3 is 5.32 Å². The van der Waals surface area contributed by atoms with Crippen LogP contribution in [0.2, 0.25) is 0 Å². The summed E-state index contributed by atoms with van der Waals surface area (Å²) in [4.78, 5) is 3.33. The van der Waals surface area contributed by atoms with Gasteiger partial charge in [0.1, 0.15) is 17.3 Å². The second-order valence-corrected chi connectivity index (χ2v) is 5.80. The van der Waals surface area contributed by atoms with Gasteiger partial charge in [-0.2, -0.15) is 31.4 Å². The van der Waals surface area contributed by atoms with Crippen LogP contribution in [0.15, 0.2) is 42.7 Å². The number of nitrogens with one attached hydrogen (secondary N) is 1. The van der Waals surface area contributed by atoms with Crippen molar-refractivity contribution in [3.8, 4) is 5.69 Å². The molecule has 154 valence electrons. The fourth-order valence-corrected chi connectivity index (χ4v) is 2.44. The molecule has 3 aromatic rings. The Bertz CT molecular complexity index is 986. The van der Waals surface area contributed by atoms with E-state index in [-0.39, 0.29) is 34.2 Å². The summed E-state index contributed by atoms with van der Waals surface area (Å²) in [5.74, 6) is -1.78. The van der Waals surface area contributed by atoms with Gasteiger partial charge in [-0.15, -0.1) is 0 Å². The van der Waals surface area contributed by atoms with Crippen molar-refractivity contribution in [2.75, 3.05) is 5.32 Å². The molecule has 0 amide bonds. The molecule has 2 aromatic heterocycles. The lowest BCUT2D eigenvalue weighted by Crippen LogP contribution is -2.13. The average molecular weight is 422 g/mol. The van der Waals surface area contributed by atoms with E-state index >= 15 is 0 Å². The van der Waals surface area contributed by atoms with E-state index in [1.165, 1.54) is 12.1 Å². The molecule has 3 rings (SSSR count). The second kappa shape index (κ2) is 7.33. The minimum Gasteiger partial charge on any atom is -0.381 e. The Kier molecular flexibility index (Phi) is 5.20. The Morgan fingerprint density at radius 3 is 1.97 bits per heavy atom. The minimum atomic E-state index is -5.07. The fraction of sp³-hybridized carbons (Fsp3) is 0.176. The van der Waals surface area contributed by atoms with Gasteiger partial charge in [-0.25, -0.2) is 13.5 Å². The number of anilines is 1. The summed E-state index contributed by atoms with van der Waals surface area (Å²) in [5.41, 5.74) is -3.59. The summed E-state index contributed by atoms with van der Waals surface area (Å²) in [5, 5.41) is 5.67. The maximum atomic E-state index is 13.5. The molecule has 29 heavy (non-hydrogen) atoms. The normalized spacial score (nSPS) is 12.3. The van der Waals surface area contributed by atoms with E-state index in [9.17, 15) is 35.1 Å². The van der Waals surface area contributed by atoms with Gasteiger partial charge in [0.2, 0.25) is 0 Å². The summed E-state index contributed by atoms with van der Waals surface area (Å²) in [6.45, 7) is -0.284. The quantitative estimate of drug-likeness (QED) is 0.589. The van der Waals surface area contributed by atoms with Crippen LogP contribution in [0.4, 0.5) is 40.8 Å². The number of halogens is 8. The zero-order valence-corrected chi connectivity index (χ0v) is 14.1. The number of benzene rings is 1.